The van der Waals surface area contributed by atoms with E-state index in [1.807, 2.05) is 0 Å². The Balaban J connectivity index is 1.86. The highest BCUT2D eigenvalue weighted by molar-refractivity contribution is 6.37. The van der Waals surface area contributed by atoms with Crippen LogP contribution in [0.15, 0.2) is 18.2 Å². The van der Waals surface area contributed by atoms with E-state index >= 15 is 0 Å². The molecule has 1 saturated carbocycles. The summed E-state index contributed by atoms with van der Waals surface area (Å²) in [7, 11) is 0. The number of nitrogens with one attached hydrogen (secondary N) is 1. The van der Waals surface area contributed by atoms with Gasteiger partial charge >= 0.3 is 0 Å². The standard InChI is InChI=1S/C15H19Cl2NO2/c1-10-5-2-3-8-13(10)18-14(19)9-20-15-11(16)6-4-7-12(15)17/h4,6-7,10,13H,2-3,5,8-9H2,1H3,(H,18,19)/t10-,13-/m1/s1. The topological polar surface area (TPSA) is 38.3 Å². The minimum Gasteiger partial charge on any atom is -0.481 e. The van der Waals surface area contributed by atoms with Gasteiger partial charge in [-0.15, -0.1) is 0 Å². The lowest BCUT2D eigenvalue weighted by molar-refractivity contribution is -0.124. The molecule has 5 heteroatoms. The Bertz CT molecular complexity index is 459. The molecule has 1 N–H and O–H groups in total. The first-order valence-electron chi connectivity index (χ1n) is 6.94. The molecule has 0 spiro atoms. The van der Waals surface area contributed by atoms with Crippen molar-refractivity contribution in [3.8, 4) is 5.75 Å². The summed E-state index contributed by atoms with van der Waals surface area (Å²) in [5, 5.41) is 3.85. The smallest absolute Gasteiger partial charge is 0.258 e. The maximum Gasteiger partial charge on any atom is 0.258 e. The average molecular weight is 316 g/mol. The second kappa shape index (κ2) is 7.19. The van der Waals surface area contributed by atoms with Crippen LogP contribution in [0.2, 0.25) is 10.0 Å². The second-order valence-corrected chi connectivity index (χ2v) is 6.09. The Morgan fingerprint density at radius 2 is 1.95 bits per heavy atom. The van der Waals surface area contributed by atoms with Gasteiger partial charge in [0.2, 0.25) is 0 Å². The van der Waals surface area contributed by atoms with E-state index < -0.39 is 0 Å². The van der Waals surface area contributed by atoms with Gasteiger partial charge in [0.1, 0.15) is 0 Å². The minimum absolute atomic E-state index is 0.0628. The number of halogens is 2. The van der Waals surface area contributed by atoms with E-state index in [0.717, 1.165) is 6.42 Å². The highest BCUT2D eigenvalue weighted by atomic mass is 35.5. The van der Waals surface area contributed by atoms with Crippen LogP contribution >= 0.6 is 23.2 Å². The monoisotopic (exact) mass is 315 g/mol. The summed E-state index contributed by atoms with van der Waals surface area (Å²) in [4.78, 5) is 11.9. The number of ether oxygens (including phenoxy) is 1. The van der Waals surface area contributed by atoms with E-state index in [2.05, 4.69) is 12.2 Å². The first kappa shape index (κ1) is 15.5. The quantitative estimate of drug-likeness (QED) is 0.909. The van der Waals surface area contributed by atoms with Crippen molar-refractivity contribution in [1.29, 1.82) is 0 Å². The summed E-state index contributed by atoms with van der Waals surface area (Å²) in [5.74, 6) is 0.763. The molecule has 1 aromatic carbocycles. The molecule has 20 heavy (non-hydrogen) atoms. The van der Waals surface area contributed by atoms with Gasteiger partial charge in [-0.05, 0) is 30.9 Å². The third kappa shape index (κ3) is 4.03. The Morgan fingerprint density at radius 3 is 2.60 bits per heavy atom. The zero-order valence-corrected chi connectivity index (χ0v) is 13.0. The van der Waals surface area contributed by atoms with Gasteiger partial charge in [-0.2, -0.15) is 0 Å². The lowest BCUT2D eigenvalue weighted by atomic mass is 9.86. The highest BCUT2D eigenvalue weighted by Gasteiger charge is 2.23. The van der Waals surface area contributed by atoms with Crippen molar-refractivity contribution in [3.63, 3.8) is 0 Å². The van der Waals surface area contributed by atoms with Gasteiger partial charge in [0.15, 0.2) is 12.4 Å². The van der Waals surface area contributed by atoms with Gasteiger partial charge in [-0.3, -0.25) is 4.79 Å². The fraction of sp³-hybridized carbons (Fsp3) is 0.533. The second-order valence-electron chi connectivity index (χ2n) is 5.28. The summed E-state index contributed by atoms with van der Waals surface area (Å²) in [6.07, 6.45) is 4.63. The van der Waals surface area contributed by atoms with Crippen molar-refractivity contribution in [2.24, 2.45) is 5.92 Å². The van der Waals surface area contributed by atoms with Gasteiger partial charge in [0.05, 0.1) is 10.0 Å². The summed E-state index contributed by atoms with van der Waals surface area (Å²) in [6, 6.07) is 5.36. The summed E-state index contributed by atoms with van der Waals surface area (Å²) in [6.45, 7) is 2.11. The molecule has 0 aliphatic heterocycles. The molecule has 0 heterocycles. The van der Waals surface area contributed by atoms with E-state index in [9.17, 15) is 4.79 Å². The number of amides is 1. The SMILES string of the molecule is C[C@@H]1CCCC[C@H]1NC(=O)COc1c(Cl)cccc1Cl. The van der Waals surface area contributed by atoms with Crippen LogP contribution in [0.25, 0.3) is 0 Å². The molecule has 2 atom stereocenters. The molecule has 0 saturated heterocycles. The number of para-hydroxylation sites is 1. The van der Waals surface area contributed by atoms with E-state index in [1.54, 1.807) is 18.2 Å². The van der Waals surface area contributed by atoms with Crippen LogP contribution in [0, 0.1) is 5.92 Å². The fourth-order valence-corrected chi connectivity index (χ4v) is 3.04. The lowest BCUT2D eigenvalue weighted by Crippen LogP contribution is -2.43. The molecule has 3 nitrogen and oxygen atoms in total. The molecular weight excluding hydrogens is 297 g/mol. The normalized spacial score (nSPS) is 22.4. The highest BCUT2D eigenvalue weighted by Crippen LogP contribution is 2.32. The van der Waals surface area contributed by atoms with Crippen LogP contribution in [0.4, 0.5) is 0 Å². The molecule has 0 bridgehead atoms. The van der Waals surface area contributed by atoms with Crippen LogP contribution in [-0.2, 0) is 4.79 Å². The molecule has 0 aromatic heterocycles. The van der Waals surface area contributed by atoms with Crippen molar-refractivity contribution in [2.75, 3.05) is 6.61 Å². The molecule has 0 unspecified atom stereocenters. The molecule has 1 aromatic rings. The molecule has 2 rings (SSSR count). The van der Waals surface area contributed by atoms with Crippen LogP contribution in [0.3, 0.4) is 0 Å². The zero-order valence-electron chi connectivity index (χ0n) is 11.5. The summed E-state index contributed by atoms with van der Waals surface area (Å²) >= 11 is 12.0. The van der Waals surface area contributed by atoms with Crippen LogP contribution < -0.4 is 10.1 Å². The molecule has 1 amide bonds. The maximum atomic E-state index is 11.9. The molecule has 1 fully saturated rings. The molecule has 0 radical (unpaired) electrons. The summed E-state index contributed by atoms with van der Waals surface area (Å²) in [5.41, 5.74) is 0. The Hall–Kier alpha value is -0.930. The third-order valence-electron chi connectivity index (χ3n) is 3.72. The van der Waals surface area contributed by atoms with E-state index in [0.29, 0.717) is 21.7 Å². The summed E-state index contributed by atoms with van der Waals surface area (Å²) < 4.78 is 5.43. The van der Waals surface area contributed by atoms with Gasteiger partial charge < -0.3 is 10.1 Å². The number of hydrogen-bond acceptors (Lipinski definition) is 2. The average Bonchev–Trinajstić information content (AvgIpc) is 2.41. The molecule has 110 valence electrons. The van der Waals surface area contributed by atoms with E-state index in [1.165, 1.54) is 19.3 Å². The van der Waals surface area contributed by atoms with Crippen molar-refractivity contribution in [2.45, 2.75) is 38.6 Å². The number of carbonyl (C=O) groups excluding carboxylic acids is 1. The van der Waals surface area contributed by atoms with Gasteiger partial charge in [0.25, 0.3) is 5.91 Å². The Kier molecular flexibility index (Phi) is 5.55. The van der Waals surface area contributed by atoms with Crippen molar-refractivity contribution >= 4 is 29.1 Å². The van der Waals surface area contributed by atoms with Crippen LogP contribution in [0.5, 0.6) is 5.75 Å². The van der Waals surface area contributed by atoms with Gasteiger partial charge in [0, 0.05) is 6.04 Å². The van der Waals surface area contributed by atoms with Crippen LogP contribution in [-0.4, -0.2) is 18.6 Å². The fourth-order valence-electron chi connectivity index (χ4n) is 2.54. The number of benzene rings is 1. The Labute approximate surface area is 129 Å². The van der Waals surface area contributed by atoms with Crippen molar-refractivity contribution in [3.05, 3.63) is 28.2 Å². The maximum absolute atomic E-state index is 11.9. The number of rotatable bonds is 4. The molecule has 1 aliphatic carbocycles. The van der Waals surface area contributed by atoms with Crippen molar-refractivity contribution in [1.82, 2.24) is 5.32 Å². The third-order valence-corrected chi connectivity index (χ3v) is 4.32. The molecule has 1 aliphatic rings. The van der Waals surface area contributed by atoms with Gasteiger partial charge in [-0.25, -0.2) is 0 Å². The first-order chi connectivity index (χ1) is 9.58. The number of hydrogen-bond donors (Lipinski definition) is 1. The zero-order chi connectivity index (χ0) is 14.5. The Morgan fingerprint density at radius 1 is 1.30 bits per heavy atom. The predicted octanol–water partition coefficient (Wildman–Crippen LogP) is 4.07. The first-order valence-corrected chi connectivity index (χ1v) is 7.69. The van der Waals surface area contributed by atoms with E-state index in [4.69, 9.17) is 27.9 Å². The van der Waals surface area contributed by atoms with Gasteiger partial charge in [-0.1, -0.05) is 49.0 Å². The predicted molar refractivity (Wildman–Crippen MR) is 81.5 cm³/mol. The minimum atomic E-state index is -0.125. The van der Waals surface area contributed by atoms with Crippen LogP contribution in [0.1, 0.15) is 32.6 Å². The molecular formula is C15H19Cl2NO2. The van der Waals surface area contributed by atoms with Crippen molar-refractivity contribution < 1.29 is 9.53 Å². The largest absolute Gasteiger partial charge is 0.481 e. The van der Waals surface area contributed by atoms with E-state index in [-0.39, 0.29) is 18.6 Å². The lowest BCUT2D eigenvalue weighted by Gasteiger charge is -2.29. The number of carbonyl (C=O) groups is 1.